The number of esters is 1. The SMILES string of the molecule is CCCCCCCC/C=C\CCCCCCCC(=O)OCCSSCCOC(=O)OC(C)C. The fourth-order valence-electron chi connectivity index (χ4n) is 3.11. The first kappa shape index (κ1) is 32.2. The van der Waals surface area contributed by atoms with E-state index >= 15 is 0 Å². The van der Waals surface area contributed by atoms with Gasteiger partial charge < -0.3 is 14.2 Å². The second-order valence-electron chi connectivity index (χ2n) is 8.46. The Hall–Kier alpha value is -0.820. The van der Waals surface area contributed by atoms with E-state index < -0.39 is 6.16 Å². The lowest BCUT2D eigenvalue weighted by Gasteiger charge is -2.08. The molecule has 0 spiro atoms. The highest BCUT2D eigenvalue weighted by molar-refractivity contribution is 8.76. The van der Waals surface area contributed by atoms with Gasteiger partial charge in [0, 0.05) is 17.9 Å². The molecule has 0 saturated carbocycles. The molecule has 0 bridgehead atoms. The molecule has 33 heavy (non-hydrogen) atoms. The Kier molecular flexibility index (Phi) is 25.2. The zero-order chi connectivity index (χ0) is 24.4. The topological polar surface area (TPSA) is 61.8 Å². The molecule has 0 amide bonds. The molecular formula is C26H48O5S2. The molecule has 0 aliphatic carbocycles. The molecule has 194 valence electrons. The first-order valence-electron chi connectivity index (χ1n) is 12.9. The van der Waals surface area contributed by atoms with Crippen LogP contribution in [0, 0.1) is 0 Å². The van der Waals surface area contributed by atoms with Crippen molar-refractivity contribution in [2.45, 2.75) is 117 Å². The van der Waals surface area contributed by atoms with E-state index in [2.05, 4.69) is 19.1 Å². The summed E-state index contributed by atoms with van der Waals surface area (Å²) >= 11 is 0. The molecular weight excluding hydrogens is 456 g/mol. The molecule has 0 rings (SSSR count). The summed E-state index contributed by atoms with van der Waals surface area (Å²) in [5.74, 6) is 1.32. The van der Waals surface area contributed by atoms with Crippen LogP contribution >= 0.6 is 21.6 Å². The molecule has 0 fully saturated rings. The molecule has 0 unspecified atom stereocenters. The lowest BCUT2D eigenvalue weighted by Crippen LogP contribution is -2.14. The van der Waals surface area contributed by atoms with Crippen LogP contribution in [0.3, 0.4) is 0 Å². The summed E-state index contributed by atoms with van der Waals surface area (Å²) < 4.78 is 15.1. The number of hydrogen-bond donors (Lipinski definition) is 0. The summed E-state index contributed by atoms with van der Waals surface area (Å²) in [7, 11) is 3.20. The van der Waals surface area contributed by atoms with Gasteiger partial charge in [0.05, 0.1) is 6.10 Å². The minimum Gasteiger partial charge on any atom is -0.465 e. The van der Waals surface area contributed by atoms with Crippen molar-refractivity contribution in [2.75, 3.05) is 24.7 Å². The van der Waals surface area contributed by atoms with Crippen molar-refractivity contribution in [1.29, 1.82) is 0 Å². The van der Waals surface area contributed by atoms with E-state index in [0.717, 1.165) is 18.6 Å². The van der Waals surface area contributed by atoms with Gasteiger partial charge in [-0.1, -0.05) is 92.0 Å². The number of carbonyl (C=O) groups is 2. The van der Waals surface area contributed by atoms with Gasteiger partial charge in [-0.3, -0.25) is 4.79 Å². The molecule has 0 aromatic heterocycles. The monoisotopic (exact) mass is 504 g/mol. The third kappa shape index (κ3) is 27.3. The van der Waals surface area contributed by atoms with Crippen molar-refractivity contribution in [3.8, 4) is 0 Å². The van der Waals surface area contributed by atoms with Crippen LogP contribution < -0.4 is 0 Å². The van der Waals surface area contributed by atoms with Crippen molar-refractivity contribution in [3.63, 3.8) is 0 Å². The van der Waals surface area contributed by atoms with Crippen LogP contribution in [-0.4, -0.2) is 42.9 Å². The van der Waals surface area contributed by atoms with E-state index in [1.165, 1.54) is 70.6 Å². The van der Waals surface area contributed by atoms with Crippen LogP contribution in [0.4, 0.5) is 4.79 Å². The van der Waals surface area contributed by atoms with Gasteiger partial charge in [0.25, 0.3) is 0 Å². The maximum absolute atomic E-state index is 11.8. The van der Waals surface area contributed by atoms with Crippen molar-refractivity contribution in [2.24, 2.45) is 0 Å². The summed E-state index contributed by atoms with van der Waals surface area (Å²) in [6.45, 7) is 6.57. The zero-order valence-corrected chi connectivity index (χ0v) is 23.0. The van der Waals surface area contributed by atoms with E-state index in [-0.39, 0.29) is 12.1 Å². The first-order valence-corrected chi connectivity index (χ1v) is 15.4. The van der Waals surface area contributed by atoms with E-state index in [4.69, 9.17) is 14.2 Å². The van der Waals surface area contributed by atoms with Crippen molar-refractivity contribution < 1.29 is 23.8 Å². The van der Waals surface area contributed by atoms with Gasteiger partial charge >= 0.3 is 12.1 Å². The molecule has 0 saturated heterocycles. The van der Waals surface area contributed by atoms with Gasteiger partial charge in [0.2, 0.25) is 0 Å². The molecule has 0 aromatic carbocycles. The maximum Gasteiger partial charge on any atom is 0.508 e. The smallest absolute Gasteiger partial charge is 0.465 e. The molecule has 0 N–H and O–H groups in total. The van der Waals surface area contributed by atoms with E-state index in [1.807, 2.05) is 0 Å². The largest absolute Gasteiger partial charge is 0.508 e. The highest BCUT2D eigenvalue weighted by Gasteiger charge is 2.06. The predicted molar refractivity (Wildman–Crippen MR) is 143 cm³/mol. The summed E-state index contributed by atoms with van der Waals surface area (Å²) in [5, 5.41) is 0. The second-order valence-corrected chi connectivity index (χ2v) is 11.2. The number of unbranched alkanes of at least 4 members (excludes halogenated alkanes) is 11. The van der Waals surface area contributed by atoms with Gasteiger partial charge in [0.15, 0.2) is 0 Å². The molecule has 0 aliphatic rings. The Morgan fingerprint density at radius 1 is 0.727 bits per heavy atom. The number of carbonyl (C=O) groups excluding carboxylic acids is 2. The Morgan fingerprint density at radius 2 is 1.24 bits per heavy atom. The van der Waals surface area contributed by atoms with Gasteiger partial charge in [-0.2, -0.15) is 0 Å². The normalized spacial score (nSPS) is 11.3. The summed E-state index contributed by atoms with van der Waals surface area (Å²) in [6, 6.07) is 0. The average molecular weight is 505 g/mol. The lowest BCUT2D eigenvalue weighted by atomic mass is 10.1. The quantitative estimate of drug-likeness (QED) is 0.0598. The van der Waals surface area contributed by atoms with Crippen LogP contribution in [0.5, 0.6) is 0 Å². The van der Waals surface area contributed by atoms with Crippen LogP contribution in [-0.2, 0) is 19.0 Å². The molecule has 5 nitrogen and oxygen atoms in total. The molecule has 0 aliphatic heterocycles. The summed E-state index contributed by atoms with van der Waals surface area (Å²) in [4.78, 5) is 22.9. The third-order valence-electron chi connectivity index (χ3n) is 4.87. The molecule has 0 heterocycles. The number of ether oxygens (including phenoxy) is 3. The van der Waals surface area contributed by atoms with Gasteiger partial charge in [0.1, 0.15) is 13.2 Å². The molecule has 0 aromatic rings. The minimum absolute atomic E-state index is 0.0991. The van der Waals surface area contributed by atoms with Gasteiger partial charge in [-0.05, 0) is 46.0 Å². The van der Waals surface area contributed by atoms with Gasteiger partial charge in [-0.25, -0.2) is 4.79 Å². The zero-order valence-electron chi connectivity index (χ0n) is 21.3. The summed E-state index contributed by atoms with van der Waals surface area (Å²) in [6.07, 6.45) is 20.7. The van der Waals surface area contributed by atoms with Crippen molar-refractivity contribution in [3.05, 3.63) is 12.2 Å². The van der Waals surface area contributed by atoms with Crippen LogP contribution in [0.25, 0.3) is 0 Å². The molecule has 0 atom stereocenters. The number of allylic oxidation sites excluding steroid dienone is 2. The Labute approximate surface area is 210 Å². The van der Waals surface area contributed by atoms with E-state index in [1.54, 1.807) is 35.4 Å². The number of rotatable bonds is 23. The van der Waals surface area contributed by atoms with E-state index in [0.29, 0.717) is 25.4 Å². The maximum atomic E-state index is 11.8. The Bertz CT molecular complexity index is 483. The van der Waals surface area contributed by atoms with Crippen LogP contribution in [0.2, 0.25) is 0 Å². The van der Waals surface area contributed by atoms with Crippen molar-refractivity contribution in [1.82, 2.24) is 0 Å². The average Bonchev–Trinajstić information content (AvgIpc) is 2.77. The van der Waals surface area contributed by atoms with Crippen LogP contribution in [0.15, 0.2) is 12.2 Å². The fourth-order valence-corrected chi connectivity index (χ4v) is 4.76. The lowest BCUT2D eigenvalue weighted by molar-refractivity contribution is -0.143. The Balaban J connectivity index is 3.27. The fraction of sp³-hybridized carbons (Fsp3) is 0.846. The minimum atomic E-state index is -0.625. The van der Waals surface area contributed by atoms with Gasteiger partial charge in [-0.15, -0.1) is 0 Å². The second kappa shape index (κ2) is 25.8. The molecule has 0 radical (unpaired) electrons. The Morgan fingerprint density at radius 3 is 1.82 bits per heavy atom. The third-order valence-corrected chi connectivity index (χ3v) is 7.21. The highest BCUT2D eigenvalue weighted by atomic mass is 33.1. The molecule has 7 heteroatoms. The highest BCUT2D eigenvalue weighted by Crippen LogP contribution is 2.20. The van der Waals surface area contributed by atoms with Crippen molar-refractivity contribution >= 4 is 33.7 Å². The number of hydrogen-bond acceptors (Lipinski definition) is 7. The predicted octanol–water partition coefficient (Wildman–Crippen LogP) is 8.51. The summed E-state index contributed by atoms with van der Waals surface area (Å²) in [5.41, 5.74) is 0. The first-order chi connectivity index (χ1) is 16.1. The van der Waals surface area contributed by atoms with E-state index in [9.17, 15) is 9.59 Å². The standard InChI is InChI=1S/C26H48O5S2/c1-4-5-6-7-8-9-10-11-12-13-14-15-16-17-18-19-25(27)29-20-22-32-33-23-21-30-26(28)31-24(2)3/h11-12,24H,4-10,13-23H2,1-3H3/b12-11-. The van der Waals surface area contributed by atoms with Crippen LogP contribution in [0.1, 0.15) is 111 Å².